The van der Waals surface area contributed by atoms with E-state index in [4.69, 9.17) is 9.47 Å². The largest absolute Gasteiger partial charge is 0.507 e. The summed E-state index contributed by atoms with van der Waals surface area (Å²) in [7, 11) is 1.48. The van der Waals surface area contributed by atoms with Crippen molar-refractivity contribution in [2.24, 2.45) is 0 Å². The first kappa shape index (κ1) is 20.7. The fourth-order valence-corrected chi connectivity index (χ4v) is 4.55. The van der Waals surface area contributed by atoms with Crippen LogP contribution in [-0.4, -0.2) is 66.7 Å². The first-order valence-electron chi connectivity index (χ1n) is 10.2. The Morgan fingerprint density at radius 3 is 2.75 bits per heavy atom. The Bertz CT molecular complexity index is 1110. The first-order valence-corrected chi connectivity index (χ1v) is 10.2. The number of halogens is 2. The highest BCUT2D eigenvalue weighted by molar-refractivity contribution is 5.65. The number of aromatic nitrogens is 5. The van der Waals surface area contributed by atoms with Crippen LogP contribution >= 0.6 is 0 Å². The topological polar surface area (TPSA) is 107 Å². The van der Waals surface area contributed by atoms with Crippen LogP contribution in [0.25, 0.3) is 17.1 Å². The number of hydrogen-bond donors (Lipinski definition) is 2. The maximum atomic E-state index is 14.5. The minimum Gasteiger partial charge on any atom is -0.507 e. The second-order valence-corrected chi connectivity index (χ2v) is 8.34. The molecule has 0 amide bonds. The van der Waals surface area contributed by atoms with E-state index in [9.17, 15) is 13.9 Å². The van der Waals surface area contributed by atoms with Gasteiger partial charge >= 0.3 is 0 Å². The van der Waals surface area contributed by atoms with Gasteiger partial charge in [0.15, 0.2) is 5.82 Å². The van der Waals surface area contributed by atoms with E-state index in [0.29, 0.717) is 5.56 Å². The maximum absolute atomic E-state index is 14.5. The predicted molar refractivity (Wildman–Crippen MR) is 109 cm³/mol. The zero-order chi connectivity index (χ0) is 22.5. The minimum absolute atomic E-state index is 0.0174. The Labute approximate surface area is 182 Å². The number of imidazole rings is 1. The average Bonchev–Trinajstić information content (AvgIpc) is 3.34. The molecule has 2 N–H and O–H groups in total. The van der Waals surface area contributed by atoms with Crippen molar-refractivity contribution in [2.45, 2.75) is 49.5 Å². The zero-order valence-corrected chi connectivity index (χ0v) is 17.4. The van der Waals surface area contributed by atoms with Gasteiger partial charge in [-0.2, -0.15) is 0 Å². The van der Waals surface area contributed by atoms with Crippen molar-refractivity contribution in [1.29, 1.82) is 0 Å². The van der Waals surface area contributed by atoms with Crippen molar-refractivity contribution >= 4 is 0 Å². The molecule has 11 heteroatoms. The standard InChI is InChI=1S/C21H22F2N6O3/c1-20-9-16(18(31-2)14(26-20)8-21(20,22)23)32-17-10-25-19(28-27-17)13-4-3-12(7-15(13)30)29-6-5-24-11-29/h3-7,10-11,14,16,18,26,30H,8-9H2,1-2H3/t14-,16+,18+,20-/m1/s1. The van der Waals surface area contributed by atoms with E-state index in [-0.39, 0.29) is 30.3 Å². The van der Waals surface area contributed by atoms with Crippen molar-refractivity contribution in [3.05, 3.63) is 43.1 Å². The highest BCUT2D eigenvalue weighted by Crippen LogP contribution is 2.47. The molecule has 2 aromatic heterocycles. The summed E-state index contributed by atoms with van der Waals surface area (Å²) in [6, 6.07) is 4.51. The first-order chi connectivity index (χ1) is 15.3. The predicted octanol–water partition coefficient (Wildman–Crippen LogP) is 2.35. The van der Waals surface area contributed by atoms with Crippen molar-refractivity contribution in [2.75, 3.05) is 7.11 Å². The molecular formula is C21H22F2N6O3. The van der Waals surface area contributed by atoms with Crippen LogP contribution < -0.4 is 10.1 Å². The second-order valence-electron chi connectivity index (χ2n) is 8.34. The molecule has 32 heavy (non-hydrogen) atoms. The van der Waals surface area contributed by atoms with Gasteiger partial charge < -0.3 is 24.5 Å². The summed E-state index contributed by atoms with van der Waals surface area (Å²) in [5.41, 5.74) is -0.246. The van der Waals surface area contributed by atoms with Gasteiger partial charge in [-0.1, -0.05) is 0 Å². The van der Waals surface area contributed by atoms with E-state index in [0.717, 1.165) is 5.69 Å². The summed E-state index contributed by atoms with van der Waals surface area (Å²) in [5, 5.41) is 21.5. The number of nitrogens with one attached hydrogen (secondary N) is 1. The fourth-order valence-electron chi connectivity index (χ4n) is 4.55. The number of alkyl halides is 2. The monoisotopic (exact) mass is 444 g/mol. The summed E-state index contributed by atoms with van der Waals surface area (Å²) in [6.07, 6.45) is 4.94. The van der Waals surface area contributed by atoms with Crippen LogP contribution in [0, 0.1) is 0 Å². The lowest BCUT2D eigenvalue weighted by molar-refractivity contribution is -0.0853. The highest BCUT2D eigenvalue weighted by Gasteiger charge is 2.64. The molecule has 3 aromatic rings. The molecule has 0 saturated carbocycles. The molecule has 9 nitrogen and oxygen atoms in total. The van der Waals surface area contributed by atoms with Gasteiger partial charge in [0.2, 0.25) is 0 Å². The molecular weight excluding hydrogens is 422 g/mol. The molecule has 2 aliphatic heterocycles. The molecule has 0 aliphatic carbocycles. The van der Waals surface area contributed by atoms with Gasteiger partial charge in [-0.25, -0.2) is 18.7 Å². The Morgan fingerprint density at radius 1 is 1.25 bits per heavy atom. The summed E-state index contributed by atoms with van der Waals surface area (Å²) in [5.74, 6) is -2.57. The number of phenols is 1. The van der Waals surface area contributed by atoms with Crippen LogP contribution in [0.5, 0.6) is 11.6 Å². The van der Waals surface area contributed by atoms with Gasteiger partial charge in [-0.05, 0) is 19.1 Å². The molecule has 5 rings (SSSR count). The quantitative estimate of drug-likeness (QED) is 0.618. The van der Waals surface area contributed by atoms with E-state index >= 15 is 0 Å². The number of phenolic OH excluding ortho intramolecular Hbond substituents is 1. The van der Waals surface area contributed by atoms with E-state index in [1.54, 1.807) is 41.5 Å². The average molecular weight is 444 g/mol. The van der Waals surface area contributed by atoms with Gasteiger partial charge in [0.1, 0.15) is 18.0 Å². The number of piperidine rings is 1. The Hall–Kier alpha value is -3.18. The van der Waals surface area contributed by atoms with Crippen LogP contribution in [0.1, 0.15) is 19.8 Å². The molecule has 4 heterocycles. The maximum Gasteiger partial charge on any atom is 0.267 e. The highest BCUT2D eigenvalue weighted by atomic mass is 19.3. The normalized spacial score (nSPS) is 28.6. The molecule has 4 atom stereocenters. The lowest BCUT2D eigenvalue weighted by Gasteiger charge is -2.41. The third kappa shape index (κ3) is 3.37. The summed E-state index contributed by atoms with van der Waals surface area (Å²) >= 11 is 0. The van der Waals surface area contributed by atoms with Crippen molar-refractivity contribution < 1.29 is 23.4 Å². The van der Waals surface area contributed by atoms with Crippen LogP contribution in [0.15, 0.2) is 43.1 Å². The molecule has 168 valence electrons. The summed E-state index contributed by atoms with van der Waals surface area (Å²) < 4.78 is 42.0. The SMILES string of the molecule is CO[C@@H]1[C@@H](Oc2cnc(-c3ccc(-n4ccnc4)cc3O)nn2)C[C@@]2(C)N[C@@H]1CC2(F)F. The van der Waals surface area contributed by atoms with Crippen LogP contribution in [0.4, 0.5) is 8.78 Å². The zero-order valence-electron chi connectivity index (χ0n) is 17.4. The molecule has 1 aromatic carbocycles. The fraction of sp³-hybridized carbons (Fsp3) is 0.429. The molecule has 0 radical (unpaired) electrons. The Balaban J connectivity index is 1.34. The lowest BCUT2D eigenvalue weighted by atomic mass is 9.87. The van der Waals surface area contributed by atoms with Gasteiger partial charge in [-0.3, -0.25) is 0 Å². The number of benzene rings is 1. The number of aromatic hydroxyl groups is 1. The van der Waals surface area contributed by atoms with Gasteiger partial charge in [-0.15, -0.1) is 10.2 Å². The van der Waals surface area contributed by atoms with Crippen molar-refractivity contribution in [1.82, 2.24) is 30.0 Å². The van der Waals surface area contributed by atoms with E-state index < -0.39 is 29.7 Å². The van der Waals surface area contributed by atoms with Crippen molar-refractivity contribution in [3.63, 3.8) is 0 Å². The Morgan fingerprint density at radius 2 is 2.09 bits per heavy atom. The molecule has 0 spiro atoms. The number of ether oxygens (including phenoxy) is 2. The van der Waals surface area contributed by atoms with Gasteiger partial charge in [0, 0.05) is 44.5 Å². The second kappa shape index (κ2) is 7.45. The number of methoxy groups -OCH3 is 1. The van der Waals surface area contributed by atoms with E-state index in [1.807, 2.05) is 0 Å². The van der Waals surface area contributed by atoms with E-state index in [1.165, 1.54) is 20.2 Å². The molecule has 0 unspecified atom stereocenters. The van der Waals surface area contributed by atoms with E-state index in [2.05, 4.69) is 25.5 Å². The molecule has 2 aliphatic rings. The lowest BCUT2D eigenvalue weighted by Crippen LogP contribution is -2.62. The minimum atomic E-state index is -2.86. The molecule has 2 bridgehead atoms. The van der Waals surface area contributed by atoms with Crippen molar-refractivity contribution in [3.8, 4) is 28.7 Å². The smallest absolute Gasteiger partial charge is 0.267 e. The Kier molecular flexibility index (Phi) is 4.82. The number of rotatable bonds is 5. The third-order valence-corrected chi connectivity index (χ3v) is 6.27. The third-order valence-electron chi connectivity index (χ3n) is 6.27. The summed E-state index contributed by atoms with van der Waals surface area (Å²) in [4.78, 5) is 8.22. The van der Waals surface area contributed by atoms with Gasteiger partial charge in [0.05, 0.1) is 29.3 Å². The number of nitrogens with zero attached hydrogens (tertiary/aromatic N) is 5. The number of hydrogen-bond acceptors (Lipinski definition) is 8. The molecule has 2 fully saturated rings. The summed E-state index contributed by atoms with van der Waals surface area (Å²) in [6.45, 7) is 1.50. The molecule has 2 saturated heterocycles. The van der Waals surface area contributed by atoms with Crippen LogP contribution in [0.3, 0.4) is 0 Å². The van der Waals surface area contributed by atoms with Gasteiger partial charge in [0.25, 0.3) is 11.8 Å². The van der Waals surface area contributed by atoms with Crippen LogP contribution in [-0.2, 0) is 4.74 Å². The van der Waals surface area contributed by atoms with Crippen LogP contribution in [0.2, 0.25) is 0 Å². The number of fused-ring (bicyclic) bond motifs is 2.